The first-order valence-electron chi connectivity index (χ1n) is 6.91. The van der Waals surface area contributed by atoms with Gasteiger partial charge in [-0.05, 0) is 38.4 Å². The van der Waals surface area contributed by atoms with Gasteiger partial charge in [-0.25, -0.2) is 0 Å². The molecule has 0 N–H and O–H groups in total. The second-order valence-electron chi connectivity index (χ2n) is 5.59. The summed E-state index contributed by atoms with van der Waals surface area (Å²) in [4.78, 5) is 12.6. The van der Waals surface area contributed by atoms with Crippen molar-refractivity contribution in [2.45, 2.75) is 69.5 Å². The number of thioether (sulfide) groups is 1. The van der Waals surface area contributed by atoms with Crippen molar-refractivity contribution in [3.63, 3.8) is 0 Å². The van der Waals surface area contributed by atoms with Crippen molar-refractivity contribution in [1.29, 1.82) is 0 Å². The van der Waals surface area contributed by atoms with E-state index in [-0.39, 0.29) is 4.75 Å². The summed E-state index contributed by atoms with van der Waals surface area (Å²) in [6.07, 6.45) is 11.3. The van der Waals surface area contributed by atoms with Gasteiger partial charge in [0.25, 0.3) is 0 Å². The van der Waals surface area contributed by atoms with Crippen molar-refractivity contribution in [2.24, 2.45) is 5.92 Å². The maximum absolute atomic E-state index is 12.6. The third kappa shape index (κ3) is 2.82. The van der Waals surface area contributed by atoms with Crippen LogP contribution in [0.3, 0.4) is 0 Å². The third-order valence-electron chi connectivity index (χ3n) is 4.22. The molecule has 2 heteroatoms. The number of hydrogen-bond donors (Lipinski definition) is 0. The van der Waals surface area contributed by atoms with Crippen molar-refractivity contribution >= 4 is 17.5 Å². The van der Waals surface area contributed by atoms with Crippen LogP contribution in [-0.2, 0) is 4.79 Å². The Morgan fingerprint density at radius 2 is 1.69 bits per heavy atom. The number of ketones is 1. The quantitative estimate of drug-likeness (QED) is 0.719. The number of carbonyl (C=O) groups excluding carboxylic acids is 1. The number of Topliss-reactive ketones (excluding diaryl/α,β-unsaturated/α-hetero) is 1. The molecule has 2 fully saturated rings. The lowest BCUT2D eigenvalue weighted by Gasteiger charge is -2.28. The largest absolute Gasteiger partial charge is 0.298 e. The van der Waals surface area contributed by atoms with Crippen LogP contribution >= 0.6 is 11.8 Å². The Balaban J connectivity index is 1.95. The molecule has 0 radical (unpaired) electrons. The van der Waals surface area contributed by atoms with E-state index in [2.05, 4.69) is 6.92 Å². The smallest absolute Gasteiger partial charge is 0.151 e. The van der Waals surface area contributed by atoms with Crippen molar-refractivity contribution < 1.29 is 4.79 Å². The highest BCUT2D eigenvalue weighted by atomic mass is 32.2. The zero-order valence-corrected chi connectivity index (χ0v) is 11.3. The van der Waals surface area contributed by atoms with E-state index >= 15 is 0 Å². The Morgan fingerprint density at radius 3 is 2.25 bits per heavy atom. The monoisotopic (exact) mass is 240 g/mol. The molecule has 2 aliphatic rings. The molecule has 0 spiro atoms. The lowest BCUT2D eigenvalue weighted by Crippen LogP contribution is -2.35. The Bertz CT molecular complexity index is 235. The van der Waals surface area contributed by atoms with Crippen LogP contribution in [0.15, 0.2) is 0 Å². The molecule has 0 bridgehead atoms. The molecule has 0 aromatic carbocycles. The minimum Gasteiger partial charge on any atom is -0.298 e. The molecule has 1 heterocycles. The summed E-state index contributed by atoms with van der Waals surface area (Å²) in [5, 5.41) is 0. The zero-order valence-electron chi connectivity index (χ0n) is 10.5. The first-order chi connectivity index (χ1) is 7.72. The van der Waals surface area contributed by atoms with Crippen molar-refractivity contribution in [3.05, 3.63) is 0 Å². The molecule has 1 nitrogen and oxygen atoms in total. The van der Waals surface area contributed by atoms with Gasteiger partial charge in [-0.2, -0.15) is 0 Å². The van der Waals surface area contributed by atoms with Crippen LogP contribution in [0.25, 0.3) is 0 Å². The van der Waals surface area contributed by atoms with Gasteiger partial charge < -0.3 is 0 Å². The van der Waals surface area contributed by atoms with Crippen LogP contribution in [0, 0.1) is 5.92 Å². The molecule has 1 aliphatic carbocycles. The first-order valence-corrected chi connectivity index (χ1v) is 7.89. The van der Waals surface area contributed by atoms with Crippen LogP contribution in [0.1, 0.15) is 64.7 Å². The van der Waals surface area contributed by atoms with E-state index in [1.54, 1.807) is 0 Å². The molecule has 0 aromatic heterocycles. The fourth-order valence-corrected chi connectivity index (χ4v) is 4.46. The van der Waals surface area contributed by atoms with Gasteiger partial charge in [0.15, 0.2) is 5.78 Å². The molecule has 1 aliphatic heterocycles. The van der Waals surface area contributed by atoms with Gasteiger partial charge >= 0.3 is 0 Å². The predicted octanol–water partition coefficient (Wildman–Crippen LogP) is 4.20. The molecule has 1 saturated heterocycles. The van der Waals surface area contributed by atoms with Crippen molar-refractivity contribution in [1.82, 2.24) is 0 Å². The highest BCUT2D eigenvalue weighted by Crippen LogP contribution is 2.42. The van der Waals surface area contributed by atoms with Gasteiger partial charge in [0.1, 0.15) is 0 Å². The van der Waals surface area contributed by atoms with E-state index in [9.17, 15) is 4.79 Å². The second-order valence-corrected chi connectivity index (χ2v) is 7.19. The lowest BCUT2D eigenvalue weighted by molar-refractivity contribution is -0.125. The van der Waals surface area contributed by atoms with Gasteiger partial charge in [0.05, 0.1) is 4.75 Å². The van der Waals surface area contributed by atoms with E-state index in [1.807, 2.05) is 11.8 Å². The third-order valence-corrected chi connectivity index (χ3v) is 5.75. The Labute approximate surface area is 104 Å². The van der Waals surface area contributed by atoms with Gasteiger partial charge in [0.2, 0.25) is 0 Å². The highest BCUT2D eigenvalue weighted by Gasteiger charge is 2.40. The van der Waals surface area contributed by atoms with Gasteiger partial charge in [-0.15, -0.1) is 11.8 Å². The number of rotatable bonds is 2. The second kappa shape index (κ2) is 5.57. The van der Waals surface area contributed by atoms with Gasteiger partial charge in [-0.3, -0.25) is 4.79 Å². The van der Waals surface area contributed by atoms with Gasteiger partial charge in [-0.1, -0.05) is 32.1 Å². The standard InChI is InChI=1S/C14H24OS/c1-14(10-7-11-16-14)13(15)12-8-5-3-2-4-6-9-12/h12H,2-11H2,1H3. The van der Waals surface area contributed by atoms with E-state index in [0.29, 0.717) is 11.7 Å². The summed E-state index contributed by atoms with van der Waals surface area (Å²) in [6, 6.07) is 0. The molecule has 92 valence electrons. The zero-order chi connectivity index (χ0) is 11.4. The van der Waals surface area contributed by atoms with E-state index in [1.165, 1.54) is 44.3 Å². The Hall–Kier alpha value is 0.0200. The molecule has 1 saturated carbocycles. The summed E-state index contributed by atoms with van der Waals surface area (Å²) in [5.74, 6) is 2.16. The highest BCUT2D eigenvalue weighted by molar-refractivity contribution is 8.01. The Morgan fingerprint density at radius 1 is 1.06 bits per heavy atom. The van der Waals surface area contributed by atoms with E-state index < -0.39 is 0 Å². The van der Waals surface area contributed by atoms with Crippen molar-refractivity contribution in [3.8, 4) is 0 Å². The number of carbonyl (C=O) groups is 1. The van der Waals surface area contributed by atoms with Crippen LogP contribution in [0.4, 0.5) is 0 Å². The molecular formula is C14H24OS. The molecule has 0 aromatic rings. The average molecular weight is 240 g/mol. The molecule has 2 rings (SSSR count). The summed E-state index contributed by atoms with van der Waals surface area (Å²) in [6.45, 7) is 2.19. The molecule has 16 heavy (non-hydrogen) atoms. The normalized spacial score (nSPS) is 33.3. The van der Waals surface area contributed by atoms with Crippen LogP contribution in [0.5, 0.6) is 0 Å². The maximum atomic E-state index is 12.6. The van der Waals surface area contributed by atoms with E-state index in [0.717, 1.165) is 19.3 Å². The fraction of sp³-hybridized carbons (Fsp3) is 0.929. The minimum absolute atomic E-state index is 0.0239. The SMILES string of the molecule is CC1(C(=O)C2CCCCCCC2)CCCS1. The summed E-state index contributed by atoms with van der Waals surface area (Å²) in [7, 11) is 0. The van der Waals surface area contributed by atoms with Crippen LogP contribution in [0.2, 0.25) is 0 Å². The molecule has 1 atom stereocenters. The van der Waals surface area contributed by atoms with E-state index in [4.69, 9.17) is 0 Å². The summed E-state index contributed by atoms with van der Waals surface area (Å²) in [5.41, 5.74) is 0. The molecule has 0 amide bonds. The van der Waals surface area contributed by atoms with Crippen LogP contribution < -0.4 is 0 Å². The minimum atomic E-state index is -0.0239. The Kier molecular flexibility index (Phi) is 4.34. The molecular weight excluding hydrogens is 216 g/mol. The lowest BCUT2D eigenvalue weighted by atomic mass is 9.82. The van der Waals surface area contributed by atoms with Crippen molar-refractivity contribution in [2.75, 3.05) is 5.75 Å². The first kappa shape index (κ1) is 12.5. The average Bonchev–Trinajstić information content (AvgIpc) is 2.65. The topological polar surface area (TPSA) is 17.1 Å². The fourth-order valence-electron chi connectivity index (χ4n) is 3.12. The predicted molar refractivity (Wildman–Crippen MR) is 70.9 cm³/mol. The van der Waals surface area contributed by atoms with Crippen LogP contribution in [-0.4, -0.2) is 16.3 Å². The number of hydrogen-bond acceptors (Lipinski definition) is 2. The van der Waals surface area contributed by atoms with Gasteiger partial charge in [0, 0.05) is 5.92 Å². The molecule has 1 unspecified atom stereocenters. The summed E-state index contributed by atoms with van der Waals surface area (Å²) >= 11 is 1.91. The summed E-state index contributed by atoms with van der Waals surface area (Å²) < 4.78 is -0.0239. The maximum Gasteiger partial charge on any atom is 0.151 e.